The maximum atomic E-state index is 15.0. The molecule has 44 heavy (non-hydrogen) atoms. The molecular formula is C34H35F7O3. The van der Waals surface area contributed by atoms with E-state index >= 15 is 0 Å². The van der Waals surface area contributed by atoms with Crippen molar-refractivity contribution in [2.24, 2.45) is 17.8 Å². The van der Waals surface area contributed by atoms with Gasteiger partial charge in [0.25, 0.3) is 0 Å². The number of benzene rings is 3. The van der Waals surface area contributed by atoms with Crippen LogP contribution in [0, 0.1) is 46.8 Å². The molecule has 1 aliphatic carbocycles. The molecule has 0 aromatic heterocycles. The van der Waals surface area contributed by atoms with Gasteiger partial charge in [-0.15, -0.1) is 0 Å². The first-order valence-electron chi connectivity index (χ1n) is 15.1. The number of hydrogen-bond acceptors (Lipinski definition) is 3. The van der Waals surface area contributed by atoms with Crippen molar-refractivity contribution >= 4 is 0 Å². The minimum Gasteiger partial charge on any atom is -0.429 e. The third-order valence-corrected chi connectivity index (χ3v) is 8.74. The molecule has 0 unspecified atom stereocenters. The maximum absolute atomic E-state index is 15.0. The van der Waals surface area contributed by atoms with Gasteiger partial charge in [0.05, 0.1) is 13.2 Å². The predicted octanol–water partition coefficient (Wildman–Crippen LogP) is 10.2. The minimum atomic E-state index is -4.52. The van der Waals surface area contributed by atoms with E-state index in [1.807, 2.05) is 0 Å². The first-order valence-corrected chi connectivity index (χ1v) is 15.1. The molecule has 1 saturated heterocycles. The molecule has 0 bridgehead atoms. The van der Waals surface area contributed by atoms with Crippen LogP contribution < -0.4 is 4.74 Å². The zero-order chi connectivity index (χ0) is 31.4. The number of alkyl halides is 2. The second-order valence-corrected chi connectivity index (χ2v) is 11.8. The molecule has 1 saturated carbocycles. The summed E-state index contributed by atoms with van der Waals surface area (Å²) in [6.45, 7) is 2.88. The van der Waals surface area contributed by atoms with Crippen LogP contribution in [0.15, 0.2) is 48.5 Å². The summed E-state index contributed by atoms with van der Waals surface area (Å²) in [5.74, 6) is -5.99. The molecule has 0 N–H and O–H groups in total. The third-order valence-electron chi connectivity index (χ3n) is 8.74. The Bertz CT molecular complexity index is 1410. The van der Waals surface area contributed by atoms with Crippen LogP contribution in [0.1, 0.15) is 75.7 Å². The molecule has 238 valence electrons. The highest BCUT2D eigenvalue weighted by molar-refractivity contribution is 5.65. The quantitative estimate of drug-likeness (QED) is 0.166. The standard InChI is InChI=1S/C34H35F7O3/c1-2-3-4-5-20-6-8-21(9-7-20)24-18-42-33(43-19-24)23-15-30(38)32(31(39)16-23)34(40,41)44-25-11-12-26(28(36)17-25)22-10-13-27(35)29(37)14-22/h10-17,20-21,24,33H,2-9,18-19H2,1H3. The van der Waals surface area contributed by atoms with Gasteiger partial charge in [0.2, 0.25) is 0 Å². The van der Waals surface area contributed by atoms with Gasteiger partial charge in [-0.2, -0.15) is 8.78 Å². The van der Waals surface area contributed by atoms with Gasteiger partial charge in [-0.05, 0) is 66.6 Å². The van der Waals surface area contributed by atoms with Crippen molar-refractivity contribution < 1.29 is 44.9 Å². The van der Waals surface area contributed by atoms with Crippen molar-refractivity contribution in [2.75, 3.05) is 13.2 Å². The number of unbranched alkanes of at least 4 members (excludes halogenated alkanes) is 2. The van der Waals surface area contributed by atoms with E-state index in [1.54, 1.807) is 0 Å². The van der Waals surface area contributed by atoms with E-state index < -0.39 is 52.8 Å². The Morgan fingerprint density at radius 2 is 1.41 bits per heavy atom. The summed E-state index contributed by atoms with van der Waals surface area (Å²) in [6, 6.07) is 6.58. The lowest BCUT2D eigenvalue weighted by atomic mass is 9.74. The van der Waals surface area contributed by atoms with Crippen LogP contribution in [0.2, 0.25) is 0 Å². The monoisotopic (exact) mass is 624 g/mol. The van der Waals surface area contributed by atoms with Crippen LogP contribution in [0.25, 0.3) is 11.1 Å². The Morgan fingerprint density at radius 3 is 2.02 bits per heavy atom. The van der Waals surface area contributed by atoms with Crippen molar-refractivity contribution in [3.8, 4) is 16.9 Å². The average molecular weight is 625 g/mol. The average Bonchev–Trinajstić information content (AvgIpc) is 2.98. The Morgan fingerprint density at radius 1 is 0.727 bits per heavy atom. The second kappa shape index (κ2) is 13.9. The van der Waals surface area contributed by atoms with Gasteiger partial charge in [-0.25, -0.2) is 22.0 Å². The van der Waals surface area contributed by atoms with E-state index in [0.717, 1.165) is 61.2 Å². The van der Waals surface area contributed by atoms with Crippen molar-refractivity contribution in [2.45, 2.75) is 70.7 Å². The van der Waals surface area contributed by atoms with Gasteiger partial charge in [-0.1, -0.05) is 51.5 Å². The summed E-state index contributed by atoms with van der Waals surface area (Å²) in [5, 5.41) is 0. The molecule has 1 aliphatic heterocycles. The van der Waals surface area contributed by atoms with Crippen LogP contribution in [-0.4, -0.2) is 13.2 Å². The largest absolute Gasteiger partial charge is 0.432 e. The van der Waals surface area contributed by atoms with E-state index in [9.17, 15) is 30.7 Å². The smallest absolute Gasteiger partial charge is 0.429 e. The first kappa shape index (κ1) is 32.3. The van der Waals surface area contributed by atoms with E-state index in [0.29, 0.717) is 25.2 Å². The molecule has 0 spiro atoms. The van der Waals surface area contributed by atoms with Crippen LogP contribution in [0.3, 0.4) is 0 Å². The highest BCUT2D eigenvalue weighted by atomic mass is 19.3. The fraction of sp³-hybridized carbons (Fsp3) is 0.471. The number of rotatable bonds is 10. The zero-order valence-corrected chi connectivity index (χ0v) is 24.4. The molecule has 10 heteroatoms. The third kappa shape index (κ3) is 7.40. The van der Waals surface area contributed by atoms with E-state index in [4.69, 9.17) is 9.47 Å². The van der Waals surface area contributed by atoms with Crippen molar-refractivity contribution in [1.29, 1.82) is 0 Å². The van der Waals surface area contributed by atoms with Crippen LogP contribution in [0.4, 0.5) is 30.7 Å². The summed E-state index contributed by atoms with van der Waals surface area (Å²) in [4.78, 5) is 0. The number of halogens is 7. The topological polar surface area (TPSA) is 27.7 Å². The molecule has 2 aliphatic rings. The SMILES string of the molecule is CCCCCC1CCC(C2COC(c3cc(F)c(C(F)(F)Oc4ccc(-c5ccc(F)c(F)c5)c(F)c4)c(F)c3)OC2)CC1. The molecule has 0 amide bonds. The number of hydrogen-bond donors (Lipinski definition) is 0. The van der Waals surface area contributed by atoms with Crippen LogP contribution >= 0.6 is 0 Å². The number of ether oxygens (including phenoxy) is 3. The van der Waals surface area contributed by atoms with Crippen LogP contribution in [-0.2, 0) is 15.6 Å². The Balaban J connectivity index is 1.20. The summed E-state index contributed by atoms with van der Waals surface area (Å²) in [7, 11) is 0. The van der Waals surface area contributed by atoms with Crippen molar-refractivity contribution in [3.05, 3.63) is 88.7 Å². The second-order valence-electron chi connectivity index (χ2n) is 11.8. The molecule has 3 aromatic carbocycles. The van der Waals surface area contributed by atoms with E-state index in [1.165, 1.54) is 38.5 Å². The van der Waals surface area contributed by atoms with Gasteiger partial charge in [0.1, 0.15) is 28.8 Å². The summed E-state index contributed by atoms with van der Waals surface area (Å²) < 4.78 is 117. The van der Waals surface area contributed by atoms with Crippen molar-refractivity contribution in [3.63, 3.8) is 0 Å². The Kier molecular flexibility index (Phi) is 10.2. The van der Waals surface area contributed by atoms with Gasteiger partial charge in [-0.3, -0.25) is 0 Å². The first-order chi connectivity index (χ1) is 21.1. The molecule has 0 atom stereocenters. The predicted molar refractivity (Wildman–Crippen MR) is 150 cm³/mol. The molecule has 3 aromatic rings. The normalized spacial score (nSPS) is 22.6. The van der Waals surface area contributed by atoms with Gasteiger partial charge in [0, 0.05) is 23.1 Å². The maximum Gasteiger partial charge on any atom is 0.432 e. The molecular weight excluding hydrogens is 589 g/mol. The Labute approximate surface area is 252 Å². The summed E-state index contributed by atoms with van der Waals surface area (Å²) in [6.07, 6.45) is 3.90. The Hall–Kier alpha value is -3.11. The van der Waals surface area contributed by atoms with Crippen molar-refractivity contribution in [1.82, 2.24) is 0 Å². The molecule has 3 nitrogen and oxygen atoms in total. The molecule has 0 radical (unpaired) electrons. The van der Waals surface area contributed by atoms with E-state index in [2.05, 4.69) is 11.7 Å². The highest BCUT2D eigenvalue weighted by Gasteiger charge is 2.42. The minimum absolute atomic E-state index is 0.0453. The molecule has 5 rings (SSSR count). The zero-order valence-electron chi connectivity index (χ0n) is 24.4. The fourth-order valence-corrected chi connectivity index (χ4v) is 6.28. The molecule has 2 fully saturated rings. The van der Waals surface area contributed by atoms with Gasteiger partial charge in [0.15, 0.2) is 17.9 Å². The lowest BCUT2D eigenvalue weighted by Crippen LogP contribution is -2.34. The molecule has 1 heterocycles. The van der Waals surface area contributed by atoms with Gasteiger partial charge < -0.3 is 14.2 Å². The highest BCUT2D eigenvalue weighted by Crippen LogP contribution is 2.41. The summed E-state index contributed by atoms with van der Waals surface area (Å²) >= 11 is 0. The van der Waals surface area contributed by atoms with Gasteiger partial charge >= 0.3 is 6.11 Å². The fourth-order valence-electron chi connectivity index (χ4n) is 6.28. The lowest BCUT2D eigenvalue weighted by molar-refractivity contribution is -0.215. The van der Waals surface area contributed by atoms with E-state index in [-0.39, 0.29) is 22.6 Å². The summed E-state index contributed by atoms with van der Waals surface area (Å²) in [5.41, 5.74) is -2.00. The van der Waals surface area contributed by atoms with Crippen LogP contribution in [0.5, 0.6) is 5.75 Å². The lowest BCUT2D eigenvalue weighted by Gasteiger charge is -2.38.